The molecule has 0 bridgehead atoms. The van der Waals surface area contributed by atoms with Crippen LogP contribution in [-0.4, -0.2) is 25.7 Å². The summed E-state index contributed by atoms with van der Waals surface area (Å²) in [5, 5.41) is 3.67. The number of esters is 2. The van der Waals surface area contributed by atoms with Crippen molar-refractivity contribution in [2.75, 3.05) is 13.7 Å². The van der Waals surface area contributed by atoms with Gasteiger partial charge in [-0.3, -0.25) is 4.79 Å². The van der Waals surface area contributed by atoms with Gasteiger partial charge in [-0.1, -0.05) is 42.5 Å². The number of hydrogen-bond acceptors (Lipinski definition) is 7. The van der Waals surface area contributed by atoms with Gasteiger partial charge in [-0.05, 0) is 24.1 Å². The lowest BCUT2D eigenvalue weighted by molar-refractivity contribution is -0.136. The van der Waals surface area contributed by atoms with Gasteiger partial charge in [-0.15, -0.1) is 11.3 Å². The lowest BCUT2D eigenvalue weighted by atomic mass is 9.80. The van der Waals surface area contributed by atoms with Crippen molar-refractivity contribution in [1.82, 2.24) is 5.32 Å². The number of carbonyl (C=O) groups excluding carboxylic acids is 2. The standard InChI is InChI=1S/C25H19NO5S/c1-13-20(24(28)30-2)21(22-17(26-13)12-31-25(22)29)16-10-6-9-15-18(27)11-19(32-23(15)16)14-7-4-3-5-8-14/h3-11,21,26H,12H2,1-2H3. The Hall–Kier alpha value is -3.71. The second-order valence-electron chi connectivity index (χ2n) is 7.62. The van der Waals surface area contributed by atoms with Crippen LogP contribution in [0.5, 0.6) is 0 Å². The Kier molecular flexibility index (Phi) is 4.90. The predicted molar refractivity (Wildman–Crippen MR) is 122 cm³/mol. The van der Waals surface area contributed by atoms with Crippen molar-refractivity contribution in [2.45, 2.75) is 12.8 Å². The van der Waals surface area contributed by atoms with Crippen LogP contribution in [0.25, 0.3) is 20.5 Å². The molecule has 0 spiro atoms. The molecule has 5 rings (SSSR count). The zero-order valence-corrected chi connectivity index (χ0v) is 18.2. The molecular weight excluding hydrogens is 426 g/mol. The molecule has 1 aromatic heterocycles. The minimum absolute atomic E-state index is 0.114. The van der Waals surface area contributed by atoms with Gasteiger partial charge >= 0.3 is 11.9 Å². The molecule has 2 aliphatic rings. The molecule has 2 aromatic carbocycles. The highest BCUT2D eigenvalue weighted by Gasteiger charge is 2.42. The first-order valence-electron chi connectivity index (χ1n) is 10.1. The van der Waals surface area contributed by atoms with Crippen LogP contribution in [0.2, 0.25) is 0 Å². The second kappa shape index (κ2) is 7.76. The summed E-state index contributed by atoms with van der Waals surface area (Å²) in [5.41, 5.74) is 3.47. The second-order valence-corrected chi connectivity index (χ2v) is 8.67. The third-order valence-electron chi connectivity index (χ3n) is 5.77. The number of hydrogen-bond donors (Lipinski definition) is 1. The van der Waals surface area contributed by atoms with E-state index in [1.807, 2.05) is 36.4 Å². The van der Waals surface area contributed by atoms with Gasteiger partial charge in [0.05, 0.1) is 29.9 Å². The molecule has 3 heterocycles. The number of dihydropyridines is 1. The molecule has 1 atom stereocenters. The van der Waals surface area contributed by atoms with Crippen molar-refractivity contribution >= 4 is 33.4 Å². The van der Waals surface area contributed by atoms with Crippen LogP contribution in [0.15, 0.2) is 81.9 Å². The van der Waals surface area contributed by atoms with Gasteiger partial charge in [0.2, 0.25) is 0 Å². The van der Waals surface area contributed by atoms with E-state index in [0.29, 0.717) is 33.5 Å². The van der Waals surface area contributed by atoms with Crippen LogP contribution in [-0.2, 0) is 19.1 Å². The van der Waals surface area contributed by atoms with Gasteiger partial charge < -0.3 is 14.8 Å². The van der Waals surface area contributed by atoms with Crippen molar-refractivity contribution in [1.29, 1.82) is 0 Å². The molecule has 0 saturated heterocycles. The first kappa shape index (κ1) is 20.2. The van der Waals surface area contributed by atoms with E-state index in [2.05, 4.69) is 5.32 Å². The fourth-order valence-electron chi connectivity index (χ4n) is 4.33. The zero-order chi connectivity index (χ0) is 22.4. The summed E-state index contributed by atoms with van der Waals surface area (Å²) in [6.45, 7) is 1.89. The molecule has 0 saturated carbocycles. The summed E-state index contributed by atoms with van der Waals surface area (Å²) < 4.78 is 11.1. The van der Waals surface area contributed by atoms with Crippen LogP contribution >= 0.6 is 11.3 Å². The average molecular weight is 445 g/mol. The van der Waals surface area contributed by atoms with Gasteiger partial charge in [0.15, 0.2) is 5.43 Å². The topological polar surface area (TPSA) is 81.7 Å². The molecule has 160 valence electrons. The number of cyclic esters (lactones) is 1. The number of allylic oxidation sites excluding steroid dienone is 1. The quantitative estimate of drug-likeness (QED) is 0.617. The van der Waals surface area contributed by atoms with Gasteiger partial charge in [0, 0.05) is 26.7 Å². The highest BCUT2D eigenvalue weighted by atomic mass is 32.1. The zero-order valence-electron chi connectivity index (χ0n) is 17.4. The highest BCUT2D eigenvalue weighted by molar-refractivity contribution is 7.21. The number of benzene rings is 2. The summed E-state index contributed by atoms with van der Waals surface area (Å²) in [7, 11) is 1.31. The molecule has 0 radical (unpaired) electrons. The molecule has 1 N–H and O–H groups in total. The summed E-state index contributed by atoms with van der Waals surface area (Å²) in [5.74, 6) is -1.70. The minimum Gasteiger partial charge on any atom is -0.466 e. The minimum atomic E-state index is -0.695. The Morgan fingerprint density at radius 3 is 2.66 bits per heavy atom. The maximum absolute atomic E-state index is 13.0. The van der Waals surface area contributed by atoms with Crippen molar-refractivity contribution < 1.29 is 19.1 Å². The van der Waals surface area contributed by atoms with E-state index in [1.165, 1.54) is 18.4 Å². The maximum atomic E-state index is 13.0. The number of ether oxygens (including phenoxy) is 2. The van der Waals surface area contributed by atoms with Gasteiger partial charge in [-0.25, -0.2) is 9.59 Å². The molecule has 32 heavy (non-hydrogen) atoms. The molecular formula is C25H19NO5S. The van der Waals surface area contributed by atoms with Gasteiger partial charge in [-0.2, -0.15) is 0 Å². The Morgan fingerprint density at radius 1 is 1.12 bits per heavy atom. The van der Waals surface area contributed by atoms with Crippen LogP contribution in [0.4, 0.5) is 0 Å². The summed E-state index contributed by atoms with van der Waals surface area (Å²) in [4.78, 5) is 39.3. The molecule has 0 amide bonds. The molecule has 6 nitrogen and oxygen atoms in total. The van der Waals surface area contributed by atoms with Crippen molar-refractivity contribution in [2.24, 2.45) is 0 Å². The van der Waals surface area contributed by atoms with Crippen molar-refractivity contribution in [3.05, 3.63) is 92.9 Å². The van der Waals surface area contributed by atoms with Crippen LogP contribution in [0, 0.1) is 0 Å². The Morgan fingerprint density at radius 2 is 1.91 bits per heavy atom. The first-order valence-corrected chi connectivity index (χ1v) is 10.9. The Balaban J connectivity index is 1.81. The fourth-order valence-corrected chi connectivity index (χ4v) is 5.55. The van der Waals surface area contributed by atoms with Gasteiger partial charge in [0.1, 0.15) is 6.61 Å². The van der Waals surface area contributed by atoms with Crippen molar-refractivity contribution in [3.63, 3.8) is 0 Å². The van der Waals surface area contributed by atoms with E-state index < -0.39 is 17.9 Å². The first-order chi connectivity index (χ1) is 15.5. The van der Waals surface area contributed by atoms with E-state index in [0.717, 1.165) is 15.1 Å². The molecule has 3 aromatic rings. The van der Waals surface area contributed by atoms with Gasteiger partial charge in [0.25, 0.3) is 0 Å². The highest BCUT2D eigenvalue weighted by Crippen LogP contribution is 2.44. The lowest BCUT2D eigenvalue weighted by Crippen LogP contribution is -2.30. The van der Waals surface area contributed by atoms with Crippen LogP contribution < -0.4 is 10.7 Å². The summed E-state index contributed by atoms with van der Waals surface area (Å²) >= 11 is 1.46. The molecule has 2 aliphatic heterocycles. The fraction of sp³-hybridized carbons (Fsp3) is 0.160. The smallest absolute Gasteiger partial charge is 0.337 e. The van der Waals surface area contributed by atoms with Crippen molar-refractivity contribution in [3.8, 4) is 10.4 Å². The summed E-state index contributed by atoms with van der Waals surface area (Å²) in [6, 6.07) is 16.7. The molecule has 0 fully saturated rings. The third-order valence-corrected chi connectivity index (χ3v) is 7.01. The normalized spacial score (nSPS) is 17.8. The van der Waals surface area contributed by atoms with Crippen LogP contribution in [0.3, 0.4) is 0 Å². The predicted octanol–water partition coefficient (Wildman–Crippen LogP) is 3.87. The molecule has 7 heteroatoms. The monoisotopic (exact) mass is 445 g/mol. The van der Waals surface area contributed by atoms with E-state index in [-0.39, 0.29) is 12.0 Å². The number of fused-ring (bicyclic) bond motifs is 1. The van der Waals surface area contributed by atoms with E-state index in [4.69, 9.17) is 9.47 Å². The Labute approximate surface area is 187 Å². The lowest BCUT2D eigenvalue weighted by Gasteiger charge is -2.28. The maximum Gasteiger partial charge on any atom is 0.337 e. The Bertz CT molecular complexity index is 1400. The number of nitrogens with one attached hydrogen (secondary N) is 1. The largest absolute Gasteiger partial charge is 0.466 e. The van der Waals surface area contributed by atoms with E-state index >= 15 is 0 Å². The van der Waals surface area contributed by atoms with E-state index in [1.54, 1.807) is 25.1 Å². The number of carbonyl (C=O) groups is 2. The third kappa shape index (κ3) is 3.13. The summed E-state index contributed by atoms with van der Waals surface area (Å²) in [6.07, 6.45) is 0. The molecule has 1 unspecified atom stereocenters. The van der Waals surface area contributed by atoms with E-state index in [9.17, 15) is 14.4 Å². The number of methoxy groups -OCH3 is 1. The molecule has 0 aliphatic carbocycles. The SMILES string of the molecule is COC(=O)C1=C(C)NC2=C(C(=O)OC2)C1c1cccc2c(=O)cc(-c3ccccc3)sc12. The average Bonchev–Trinajstić information content (AvgIpc) is 3.18. The van der Waals surface area contributed by atoms with Crippen LogP contribution in [0.1, 0.15) is 18.4 Å². The number of rotatable bonds is 3.